The molecule has 1 aromatic carbocycles. The van der Waals surface area contributed by atoms with Gasteiger partial charge in [-0.25, -0.2) is 4.39 Å². The highest BCUT2D eigenvalue weighted by Gasteiger charge is 2.28. The highest BCUT2D eigenvalue weighted by atomic mass is 35.5. The zero-order valence-corrected chi connectivity index (χ0v) is 13.3. The third-order valence-corrected chi connectivity index (χ3v) is 4.26. The monoisotopic (exact) mass is 329 g/mol. The fraction of sp³-hybridized carbons (Fsp3) is 0.533. The van der Waals surface area contributed by atoms with Gasteiger partial charge >= 0.3 is 0 Å². The number of nitrogens with zero attached hydrogens (tertiary/aromatic N) is 1. The zero-order valence-electron chi connectivity index (χ0n) is 12.5. The van der Waals surface area contributed by atoms with Crippen molar-refractivity contribution in [2.75, 3.05) is 32.1 Å². The molecule has 0 radical (unpaired) electrons. The smallest absolute Gasteiger partial charge is 0.238 e. The number of piperidine rings is 1. The Labute approximate surface area is 134 Å². The van der Waals surface area contributed by atoms with Crippen molar-refractivity contribution in [3.05, 3.63) is 29.0 Å². The second-order valence-electron chi connectivity index (χ2n) is 5.41. The lowest BCUT2D eigenvalue weighted by Gasteiger charge is -2.37. The van der Waals surface area contributed by atoms with Crippen molar-refractivity contribution in [2.45, 2.75) is 25.0 Å². The molecule has 0 aliphatic carbocycles. The summed E-state index contributed by atoms with van der Waals surface area (Å²) in [5.41, 5.74) is 6.19. The van der Waals surface area contributed by atoms with E-state index in [2.05, 4.69) is 5.32 Å². The molecule has 0 aromatic heterocycles. The van der Waals surface area contributed by atoms with E-state index in [1.807, 2.05) is 4.90 Å². The molecular weight excluding hydrogens is 309 g/mol. The van der Waals surface area contributed by atoms with Gasteiger partial charge < -0.3 is 15.8 Å². The molecular formula is C15H21ClFN3O2. The second-order valence-corrected chi connectivity index (χ2v) is 5.82. The summed E-state index contributed by atoms with van der Waals surface area (Å²) in [6.45, 7) is 1.46. The molecule has 1 fully saturated rings. The average Bonchev–Trinajstić information content (AvgIpc) is 2.50. The molecule has 122 valence electrons. The quantitative estimate of drug-likeness (QED) is 0.865. The van der Waals surface area contributed by atoms with Crippen LogP contribution in [0.5, 0.6) is 0 Å². The van der Waals surface area contributed by atoms with Gasteiger partial charge in [0, 0.05) is 26.2 Å². The number of rotatable bonds is 5. The topological polar surface area (TPSA) is 67.6 Å². The molecule has 5 nitrogen and oxygen atoms in total. The first-order valence-corrected chi connectivity index (χ1v) is 7.63. The maximum absolute atomic E-state index is 13.0. The molecule has 1 amide bonds. The summed E-state index contributed by atoms with van der Waals surface area (Å²) in [6.07, 6.45) is 1.88. The van der Waals surface area contributed by atoms with E-state index in [-0.39, 0.29) is 29.6 Å². The van der Waals surface area contributed by atoms with E-state index in [1.54, 1.807) is 7.11 Å². The minimum absolute atomic E-state index is 0.119. The van der Waals surface area contributed by atoms with Gasteiger partial charge in [-0.15, -0.1) is 0 Å². The number of likely N-dealkylation sites (tertiary alicyclic amines) is 1. The summed E-state index contributed by atoms with van der Waals surface area (Å²) in [6, 6.07) is 4.00. The molecule has 22 heavy (non-hydrogen) atoms. The van der Waals surface area contributed by atoms with Gasteiger partial charge in [0.15, 0.2) is 0 Å². The number of amides is 1. The van der Waals surface area contributed by atoms with E-state index in [0.29, 0.717) is 12.2 Å². The summed E-state index contributed by atoms with van der Waals surface area (Å²) < 4.78 is 18.4. The minimum atomic E-state index is -0.437. The summed E-state index contributed by atoms with van der Waals surface area (Å²) in [5, 5.41) is 2.89. The van der Waals surface area contributed by atoms with E-state index < -0.39 is 5.82 Å². The Morgan fingerprint density at radius 3 is 3.00 bits per heavy atom. The third kappa shape index (κ3) is 4.39. The summed E-state index contributed by atoms with van der Waals surface area (Å²) in [7, 11) is 1.69. The van der Waals surface area contributed by atoms with Gasteiger partial charge in [-0.05, 0) is 31.0 Å². The number of methoxy groups -OCH3 is 1. The predicted octanol–water partition coefficient (Wildman–Crippen LogP) is 1.86. The van der Waals surface area contributed by atoms with E-state index in [1.165, 1.54) is 18.2 Å². The Kier molecular flexibility index (Phi) is 6.14. The molecule has 2 unspecified atom stereocenters. The number of carbonyl (C=O) groups excluding carboxylic acids is 1. The largest absolute Gasteiger partial charge is 0.381 e. The number of anilines is 1. The van der Waals surface area contributed by atoms with E-state index in [0.717, 1.165) is 19.4 Å². The average molecular weight is 330 g/mol. The number of nitrogens with two attached hydrogens (primary N) is 1. The zero-order chi connectivity index (χ0) is 16.1. The molecule has 1 aliphatic rings. The van der Waals surface area contributed by atoms with Crippen LogP contribution in [-0.4, -0.2) is 49.7 Å². The van der Waals surface area contributed by atoms with Gasteiger partial charge in [0.2, 0.25) is 5.91 Å². The molecule has 2 rings (SSSR count). The number of ether oxygens (including phenoxy) is 1. The van der Waals surface area contributed by atoms with Gasteiger partial charge in [0.05, 0.1) is 23.4 Å². The van der Waals surface area contributed by atoms with Crippen LogP contribution < -0.4 is 11.1 Å². The summed E-state index contributed by atoms with van der Waals surface area (Å²) >= 11 is 5.91. The lowest BCUT2D eigenvalue weighted by Crippen LogP contribution is -2.50. The van der Waals surface area contributed by atoms with Crippen molar-refractivity contribution >= 4 is 23.2 Å². The predicted molar refractivity (Wildman–Crippen MR) is 84.5 cm³/mol. The van der Waals surface area contributed by atoms with E-state index in [4.69, 9.17) is 22.1 Å². The lowest BCUT2D eigenvalue weighted by molar-refractivity contribution is -0.118. The van der Waals surface area contributed by atoms with E-state index in [9.17, 15) is 9.18 Å². The number of hydrogen-bond donors (Lipinski definition) is 2. The SMILES string of the molecule is COC1CCN(CC(=O)Nc2ccc(F)cc2Cl)C(CN)C1. The molecule has 1 heterocycles. The van der Waals surface area contributed by atoms with Crippen LogP contribution in [0.4, 0.5) is 10.1 Å². The molecule has 7 heteroatoms. The highest BCUT2D eigenvalue weighted by molar-refractivity contribution is 6.33. The van der Waals surface area contributed by atoms with Crippen LogP contribution in [0.25, 0.3) is 0 Å². The Balaban J connectivity index is 1.93. The van der Waals surface area contributed by atoms with Crippen molar-refractivity contribution in [3.63, 3.8) is 0 Å². The van der Waals surface area contributed by atoms with Crippen molar-refractivity contribution in [1.29, 1.82) is 0 Å². The van der Waals surface area contributed by atoms with Crippen LogP contribution in [0.15, 0.2) is 18.2 Å². The van der Waals surface area contributed by atoms with Crippen LogP contribution in [0.1, 0.15) is 12.8 Å². The number of benzene rings is 1. The van der Waals surface area contributed by atoms with Gasteiger partial charge in [0.1, 0.15) is 5.82 Å². The van der Waals surface area contributed by atoms with Gasteiger partial charge in [0.25, 0.3) is 0 Å². The van der Waals surface area contributed by atoms with Crippen molar-refractivity contribution in [2.24, 2.45) is 5.73 Å². The van der Waals surface area contributed by atoms with E-state index >= 15 is 0 Å². The maximum atomic E-state index is 13.0. The first-order chi connectivity index (χ1) is 10.5. The molecule has 0 bridgehead atoms. The maximum Gasteiger partial charge on any atom is 0.238 e. The van der Waals surface area contributed by atoms with Crippen LogP contribution >= 0.6 is 11.6 Å². The molecule has 0 saturated carbocycles. The van der Waals surface area contributed by atoms with Crippen LogP contribution in [0, 0.1) is 5.82 Å². The second kappa shape index (κ2) is 7.87. The molecule has 2 atom stereocenters. The number of carbonyl (C=O) groups is 1. The van der Waals surface area contributed by atoms with Crippen molar-refractivity contribution in [3.8, 4) is 0 Å². The first kappa shape index (κ1) is 17.1. The van der Waals surface area contributed by atoms with Crippen LogP contribution in [0.3, 0.4) is 0 Å². The number of nitrogens with one attached hydrogen (secondary N) is 1. The normalized spacial score (nSPS) is 22.5. The Bertz CT molecular complexity index is 530. The minimum Gasteiger partial charge on any atom is -0.381 e. The fourth-order valence-corrected chi connectivity index (χ4v) is 2.91. The van der Waals surface area contributed by atoms with Gasteiger partial charge in [-0.1, -0.05) is 11.6 Å². The molecule has 1 saturated heterocycles. The standard InChI is InChI=1S/C15H21ClFN3O2/c1-22-12-4-5-20(11(7-12)8-18)9-15(21)19-14-3-2-10(17)6-13(14)16/h2-3,6,11-12H,4-5,7-9,18H2,1H3,(H,19,21). The number of hydrogen-bond acceptors (Lipinski definition) is 4. The fourth-order valence-electron chi connectivity index (χ4n) is 2.70. The Hall–Kier alpha value is -1.21. The Morgan fingerprint density at radius 2 is 2.36 bits per heavy atom. The lowest BCUT2D eigenvalue weighted by atomic mass is 9.99. The molecule has 1 aliphatic heterocycles. The van der Waals surface area contributed by atoms with Crippen molar-refractivity contribution in [1.82, 2.24) is 4.90 Å². The van der Waals surface area contributed by atoms with Crippen LogP contribution in [0.2, 0.25) is 5.02 Å². The summed E-state index contributed by atoms with van der Waals surface area (Å²) in [5.74, 6) is -0.629. The molecule has 0 spiro atoms. The van der Waals surface area contributed by atoms with Gasteiger partial charge in [-0.2, -0.15) is 0 Å². The first-order valence-electron chi connectivity index (χ1n) is 7.25. The molecule has 3 N–H and O–H groups in total. The number of halogens is 2. The third-order valence-electron chi connectivity index (χ3n) is 3.95. The van der Waals surface area contributed by atoms with Gasteiger partial charge in [-0.3, -0.25) is 9.69 Å². The Morgan fingerprint density at radius 1 is 1.59 bits per heavy atom. The summed E-state index contributed by atoms with van der Waals surface area (Å²) in [4.78, 5) is 14.2. The van der Waals surface area contributed by atoms with Crippen molar-refractivity contribution < 1.29 is 13.9 Å². The highest BCUT2D eigenvalue weighted by Crippen LogP contribution is 2.23. The van der Waals surface area contributed by atoms with Crippen LogP contribution in [-0.2, 0) is 9.53 Å². The molecule has 1 aromatic rings.